The van der Waals surface area contributed by atoms with Gasteiger partial charge in [0, 0.05) is 29.1 Å². The highest BCUT2D eigenvalue weighted by Crippen LogP contribution is 2.31. The molecule has 2 aromatic carbocycles. The summed E-state index contributed by atoms with van der Waals surface area (Å²) in [6.45, 7) is 7.76. The molecule has 148 valence electrons. The Hall–Kier alpha value is -2.70. The molecule has 2 unspecified atom stereocenters. The van der Waals surface area contributed by atoms with E-state index in [2.05, 4.69) is 58.5 Å². The van der Waals surface area contributed by atoms with Crippen LogP contribution in [0.2, 0.25) is 5.02 Å². The average Bonchev–Trinajstić information content (AvgIpc) is 3.11. The maximum absolute atomic E-state index is 6.26. The third kappa shape index (κ3) is 3.22. The standard InChI is InChI=1S/C22H22ClN5O/c1-13-5-4-6-16(9-13)20-25-26-21-18-8-7-17(23)10-19(18)24-22(28(20)21)27-11-14(2)29-15(3)12-27/h4-10,14-15H,11-12H2,1-3H3. The van der Waals surface area contributed by atoms with Crippen LogP contribution >= 0.6 is 11.6 Å². The third-order valence-electron chi connectivity index (χ3n) is 5.26. The first-order valence-corrected chi connectivity index (χ1v) is 10.2. The molecule has 0 radical (unpaired) electrons. The van der Waals surface area contributed by atoms with Crippen LogP contribution in [0.25, 0.3) is 27.9 Å². The molecule has 0 amide bonds. The molecule has 1 aliphatic heterocycles. The van der Waals surface area contributed by atoms with E-state index >= 15 is 0 Å². The monoisotopic (exact) mass is 407 g/mol. The molecule has 0 N–H and O–H groups in total. The van der Waals surface area contributed by atoms with E-state index in [4.69, 9.17) is 21.3 Å². The summed E-state index contributed by atoms with van der Waals surface area (Å²) in [5, 5.41) is 10.7. The van der Waals surface area contributed by atoms with Gasteiger partial charge in [-0.1, -0.05) is 35.4 Å². The number of hydrogen-bond donors (Lipinski definition) is 0. The van der Waals surface area contributed by atoms with Crippen LogP contribution in [0, 0.1) is 6.92 Å². The highest BCUT2D eigenvalue weighted by Gasteiger charge is 2.27. The molecule has 0 bridgehead atoms. The largest absolute Gasteiger partial charge is 0.372 e. The molecule has 7 heteroatoms. The molecule has 0 saturated carbocycles. The molecule has 2 aromatic heterocycles. The van der Waals surface area contributed by atoms with Gasteiger partial charge in [-0.2, -0.15) is 0 Å². The molecule has 6 nitrogen and oxygen atoms in total. The SMILES string of the molecule is Cc1cccc(-c2nnc3c4ccc(Cl)cc4nc(N4CC(C)OC(C)C4)n23)c1. The molecule has 1 saturated heterocycles. The Labute approximate surface area is 174 Å². The highest BCUT2D eigenvalue weighted by molar-refractivity contribution is 6.31. The van der Waals surface area contributed by atoms with Crippen LogP contribution in [-0.2, 0) is 4.74 Å². The van der Waals surface area contributed by atoms with Gasteiger partial charge in [0.15, 0.2) is 11.5 Å². The van der Waals surface area contributed by atoms with E-state index in [1.807, 2.05) is 24.3 Å². The predicted octanol–water partition coefficient (Wildman–Crippen LogP) is 4.52. The summed E-state index contributed by atoms with van der Waals surface area (Å²) in [6, 6.07) is 14.0. The number of hydrogen-bond acceptors (Lipinski definition) is 5. The molecular formula is C22H22ClN5O. The van der Waals surface area contributed by atoms with E-state index in [1.54, 1.807) is 0 Å². The van der Waals surface area contributed by atoms with E-state index in [0.717, 1.165) is 47.0 Å². The first-order valence-electron chi connectivity index (χ1n) is 9.81. The fourth-order valence-corrected chi connectivity index (χ4v) is 4.28. The zero-order chi connectivity index (χ0) is 20.1. The van der Waals surface area contributed by atoms with Gasteiger partial charge in [-0.25, -0.2) is 9.38 Å². The summed E-state index contributed by atoms with van der Waals surface area (Å²) < 4.78 is 8.00. The second kappa shape index (κ2) is 6.97. The lowest BCUT2D eigenvalue weighted by molar-refractivity contribution is -0.00576. The van der Waals surface area contributed by atoms with Crippen LogP contribution in [0.4, 0.5) is 5.95 Å². The van der Waals surface area contributed by atoms with E-state index in [9.17, 15) is 0 Å². The molecular weight excluding hydrogens is 386 g/mol. The van der Waals surface area contributed by atoms with Crippen molar-refractivity contribution in [1.29, 1.82) is 0 Å². The van der Waals surface area contributed by atoms with Gasteiger partial charge >= 0.3 is 0 Å². The molecule has 1 aliphatic rings. The normalized spacial score (nSPS) is 19.9. The van der Waals surface area contributed by atoms with E-state index < -0.39 is 0 Å². The number of rotatable bonds is 2. The molecule has 5 rings (SSSR count). The quantitative estimate of drug-likeness (QED) is 0.489. The summed E-state index contributed by atoms with van der Waals surface area (Å²) in [5.41, 5.74) is 3.79. The topological polar surface area (TPSA) is 55.5 Å². The minimum atomic E-state index is 0.115. The fraction of sp³-hybridized carbons (Fsp3) is 0.318. The Morgan fingerprint density at radius 1 is 1.03 bits per heavy atom. The summed E-state index contributed by atoms with van der Waals surface area (Å²) in [5.74, 6) is 1.60. The van der Waals surface area contributed by atoms with E-state index in [0.29, 0.717) is 5.02 Å². The highest BCUT2D eigenvalue weighted by atomic mass is 35.5. The van der Waals surface area contributed by atoms with Crippen molar-refractivity contribution in [2.24, 2.45) is 0 Å². The van der Waals surface area contributed by atoms with Gasteiger partial charge in [0.05, 0.1) is 17.7 Å². The van der Waals surface area contributed by atoms with Crippen molar-refractivity contribution in [3.8, 4) is 11.4 Å². The number of halogens is 1. The molecule has 1 fully saturated rings. The van der Waals surface area contributed by atoms with Crippen molar-refractivity contribution in [1.82, 2.24) is 19.6 Å². The first-order chi connectivity index (χ1) is 14.0. The summed E-state index contributed by atoms with van der Waals surface area (Å²) in [6.07, 6.45) is 0.231. The Bertz CT molecular complexity index is 1210. The Balaban J connectivity index is 1.81. The van der Waals surface area contributed by atoms with Crippen LogP contribution in [0.3, 0.4) is 0 Å². The number of ether oxygens (including phenoxy) is 1. The summed E-state index contributed by atoms with van der Waals surface area (Å²) in [7, 11) is 0. The number of nitrogens with zero attached hydrogens (tertiary/aromatic N) is 5. The fourth-order valence-electron chi connectivity index (χ4n) is 4.12. The van der Waals surface area contributed by atoms with Gasteiger partial charge in [0.1, 0.15) is 0 Å². The number of benzene rings is 2. The Kier molecular flexibility index (Phi) is 4.41. The lowest BCUT2D eigenvalue weighted by Gasteiger charge is -2.36. The van der Waals surface area contributed by atoms with E-state index in [1.165, 1.54) is 5.56 Å². The van der Waals surface area contributed by atoms with Crippen molar-refractivity contribution in [2.75, 3.05) is 18.0 Å². The number of fused-ring (bicyclic) bond motifs is 3. The van der Waals surface area contributed by atoms with Crippen LogP contribution in [0.5, 0.6) is 0 Å². The number of anilines is 1. The molecule has 4 aromatic rings. The van der Waals surface area contributed by atoms with Crippen LogP contribution in [-0.4, -0.2) is 44.9 Å². The van der Waals surface area contributed by atoms with Crippen molar-refractivity contribution in [2.45, 2.75) is 33.0 Å². The molecule has 0 aliphatic carbocycles. The number of morpholine rings is 1. The molecule has 3 heterocycles. The van der Waals surface area contributed by atoms with Gasteiger partial charge in [0.2, 0.25) is 5.95 Å². The summed E-state index contributed by atoms with van der Waals surface area (Å²) >= 11 is 6.26. The molecule has 29 heavy (non-hydrogen) atoms. The minimum absolute atomic E-state index is 0.115. The first kappa shape index (κ1) is 18.3. The predicted molar refractivity (Wildman–Crippen MR) is 116 cm³/mol. The maximum atomic E-state index is 6.26. The van der Waals surface area contributed by atoms with Gasteiger partial charge in [-0.05, 0) is 45.0 Å². The van der Waals surface area contributed by atoms with Crippen molar-refractivity contribution >= 4 is 34.1 Å². The smallest absolute Gasteiger partial charge is 0.213 e. The van der Waals surface area contributed by atoms with Gasteiger partial charge < -0.3 is 9.64 Å². The molecule has 0 spiro atoms. The van der Waals surface area contributed by atoms with Gasteiger partial charge in [0.25, 0.3) is 0 Å². The number of aryl methyl sites for hydroxylation is 1. The molecule has 2 atom stereocenters. The minimum Gasteiger partial charge on any atom is -0.372 e. The van der Waals surface area contributed by atoms with Gasteiger partial charge in [-0.15, -0.1) is 10.2 Å². The zero-order valence-corrected chi connectivity index (χ0v) is 17.4. The van der Waals surface area contributed by atoms with Crippen molar-refractivity contribution < 1.29 is 4.74 Å². The number of aromatic nitrogens is 4. The van der Waals surface area contributed by atoms with Crippen molar-refractivity contribution in [3.05, 3.63) is 53.1 Å². The summed E-state index contributed by atoms with van der Waals surface area (Å²) in [4.78, 5) is 7.27. The lowest BCUT2D eigenvalue weighted by atomic mass is 10.1. The third-order valence-corrected chi connectivity index (χ3v) is 5.50. The van der Waals surface area contributed by atoms with Crippen molar-refractivity contribution in [3.63, 3.8) is 0 Å². The lowest BCUT2D eigenvalue weighted by Crippen LogP contribution is -2.46. The Morgan fingerprint density at radius 3 is 2.59 bits per heavy atom. The second-order valence-corrected chi connectivity index (χ2v) is 8.22. The second-order valence-electron chi connectivity index (χ2n) is 7.79. The van der Waals surface area contributed by atoms with Crippen LogP contribution < -0.4 is 4.90 Å². The van der Waals surface area contributed by atoms with Crippen LogP contribution in [0.15, 0.2) is 42.5 Å². The Morgan fingerprint density at radius 2 is 1.83 bits per heavy atom. The van der Waals surface area contributed by atoms with Gasteiger partial charge in [-0.3, -0.25) is 0 Å². The van der Waals surface area contributed by atoms with Crippen LogP contribution in [0.1, 0.15) is 19.4 Å². The average molecular weight is 408 g/mol. The van der Waals surface area contributed by atoms with E-state index in [-0.39, 0.29) is 12.2 Å². The maximum Gasteiger partial charge on any atom is 0.213 e. The zero-order valence-electron chi connectivity index (χ0n) is 16.6.